The van der Waals surface area contributed by atoms with Crippen molar-refractivity contribution < 1.29 is 19.7 Å². The molecule has 2 atom stereocenters. The van der Waals surface area contributed by atoms with Crippen LogP contribution in [0.3, 0.4) is 0 Å². The van der Waals surface area contributed by atoms with E-state index in [0.29, 0.717) is 6.42 Å². The fraction of sp³-hybridized carbons (Fsp3) is 0.900. The van der Waals surface area contributed by atoms with Gasteiger partial charge in [-0.05, 0) is 18.3 Å². The van der Waals surface area contributed by atoms with Crippen LogP contribution in [0.5, 0.6) is 0 Å². The number of ether oxygens (including phenoxy) is 1. The molecule has 0 saturated carbocycles. The average Bonchev–Trinajstić information content (AvgIpc) is 2.23. The van der Waals surface area contributed by atoms with Gasteiger partial charge in [-0.1, -0.05) is 13.3 Å². The normalized spacial score (nSPS) is 14.9. The molecule has 0 heterocycles. The van der Waals surface area contributed by atoms with E-state index in [-0.39, 0.29) is 37.4 Å². The first-order chi connectivity index (χ1) is 6.67. The maximum Gasteiger partial charge on any atom is 0.305 e. The number of carbonyl (C=O) groups excluding carboxylic acids is 1. The third kappa shape index (κ3) is 5.19. The Bertz CT molecular complexity index is 154. The Morgan fingerprint density at radius 3 is 2.21 bits per heavy atom. The summed E-state index contributed by atoms with van der Waals surface area (Å²) in [4.78, 5) is 10.9. The smallest absolute Gasteiger partial charge is 0.305 e. The molecule has 0 aromatic rings. The third-order valence-electron chi connectivity index (χ3n) is 2.44. The highest BCUT2D eigenvalue weighted by molar-refractivity contribution is 5.69. The molecule has 0 rings (SSSR count). The fourth-order valence-corrected chi connectivity index (χ4v) is 1.38. The van der Waals surface area contributed by atoms with Crippen LogP contribution in [0.1, 0.15) is 26.2 Å². The highest BCUT2D eigenvalue weighted by atomic mass is 16.5. The summed E-state index contributed by atoms with van der Waals surface area (Å²) in [6.07, 6.45) is 1.75. The number of aliphatic hydroxyl groups is 2. The Morgan fingerprint density at radius 1 is 1.29 bits per heavy atom. The summed E-state index contributed by atoms with van der Waals surface area (Å²) in [6.45, 7) is 2.05. The lowest BCUT2D eigenvalue weighted by molar-refractivity contribution is -0.142. The monoisotopic (exact) mass is 204 g/mol. The van der Waals surface area contributed by atoms with Gasteiger partial charge in [-0.2, -0.15) is 0 Å². The first-order valence-electron chi connectivity index (χ1n) is 4.96. The van der Waals surface area contributed by atoms with Gasteiger partial charge in [0.05, 0.1) is 13.5 Å². The average molecular weight is 204 g/mol. The Kier molecular flexibility index (Phi) is 7.42. The molecule has 84 valence electrons. The van der Waals surface area contributed by atoms with Gasteiger partial charge in [0.15, 0.2) is 0 Å². The molecule has 0 aromatic carbocycles. The summed E-state index contributed by atoms with van der Waals surface area (Å²) in [5.74, 6) is -0.242. The van der Waals surface area contributed by atoms with E-state index in [1.807, 2.05) is 6.92 Å². The molecule has 4 nitrogen and oxygen atoms in total. The van der Waals surface area contributed by atoms with Crippen molar-refractivity contribution in [3.8, 4) is 0 Å². The van der Waals surface area contributed by atoms with Crippen molar-refractivity contribution in [1.82, 2.24) is 0 Å². The number of carbonyl (C=O) groups is 1. The van der Waals surface area contributed by atoms with Crippen LogP contribution in [-0.2, 0) is 9.53 Å². The molecule has 0 radical (unpaired) electrons. The van der Waals surface area contributed by atoms with Gasteiger partial charge in [-0.25, -0.2) is 0 Å². The Labute approximate surface area is 84.9 Å². The molecule has 0 amide bonds. The standard InChI is InChI=1S/C10H20O4/c1-3-8(6-11)4-9(7-12)5-10(13)14-2/h8-9,11-12H,3-7H2,1-2H3. The highest BCUT2D eigenvalue weighted by Crippen LogP contribution is 2.18. The molecule has 0 spiro atoms. The molecule has 2 N–H and O–H groups in total. The molecular weight excluding hydrogens is 184 g/mol. The number of hydrogen-bond acceptors (Lipinski definition) is 4. The second-order valence-electron chi connectivity index (χ2n) is 3.52. The van der Waals surface area contributed by atoms with E-state index >= 15 is 0 Å². The van der Waals surface area contributed by atoms with Crippen molar-refractivity contribution in [2.75, 3.05) is 20.3 Å². The van der Waals surface area contributed by atoms with E-state index in [9.17, 15) is 4.79 Å². The quantitative estimate of drug-likeness (QED) is 0.595. The van der Waals surface area contributed by atoms with E-state index in [4.69, 9.17) is 10.2 Å². The van der Waals surface area contributed by atoms with Crippen molar-refractivity contribution in [3.63, 3.8) is 0 Å². The van der Waals surface area contributed by atoms with Gasteiger partial charge in [-0.3, -0.25) is 4.79 Å². The molecule has 2 unspecified atom stereocenters. The van der Waals surface area contributed by atoms with Crippen molar-refractivity contribution in [2.45, 2.75) is 26.2 Å². The van der Waals surface area contributed by atoms with Gasteiger partial charge in [0.1, 0.15) is 0 Å². The number of aliphatic hydroxyl groups excluding tert-OH is 2. The van der Waals surface area contributed by atoms with Gasteiger partial charge in [-0.15, -0.1) is 0 Å². The highest BCUT2D eigenvalue weighted by Gasteiger charge is 2.17. The third-order valence-corrected chi connectivity index (χ3v) is 2.44. The zero-order valence-electron chi connectivity index (χ0n) is 8.90. The van der Waals surface area contributed by atoms with Crippen LogP contribution in [0.15, 0.2) is 0 Å². The van der Waals surface area contributed by atoms with Crippen LogP contribution < -0.4 is 0 Å². The minimum atomic E-state index is -0.308. The van der Waals surface area contributed by atoms with Gasteiger partial charge in [0.2, 0.25) is 0 Å². The zero-order chi connectivity index (χ0) is 11.0. The second kappa shape index (κ2) is 7.76. The summed E-state index contributed by atoms with van der Waals surface area (Å²) in [5, 5.41) is 18.0. The van der Waals surface area contributed by atoms with Crippen LogP contribution in [-0.4, -0.2) is 36.5 Å². The summed E-state index contributed by atoms with van der Waals surface area (Å²) in [6, 6.07) is 0. The van der Waals surface area contributed by atoms with Gasteiger partial charge >= 0.3 is 5.97 Å². The molecule has 0 bridgehead atoms. The topological polar surface area (TPSA) is 66.8 Å². The van der Waals surface area contributed by atoms with Crippen LogP contribution in [0.4, 0.5) is 0 Å². The fourth-order valence-electron chi connectivity index (χ4n) is 1.38. The number of esters is 1. The van der Waals surface area contributed by atoms with Gasteiger partial charge in [0.25, 0.3) is 0 Å². The lowest BCUT2D eigenvalue weighted by Gasteiger charge is -2.18. The predicted molar refractivity (Wildman–Crippen MR) is 52.7 cm³/mol. The molecule has 0 aliphatic rings. The van der Waals surface area contributed by atoms with E-state index < -0.39 is 0 Å². The lowest BCUT2D eigenvalue weighted by Crippen LogP contribution is -2.18. The summed E-state index contributed by atoms with van der Waals surface area (Å²) >= 11 is 0. The van der Waals surface area contributed by atoms with Crippen molar-refractivity contribution in [3.05, 3.63) is 0 Å². The zero-order valence-corrected chi connectivity index (χ0v) is 8.90. The molecular formula is C10H20O4. The number of rotatable bonds is 7. The lowest BCUT2D eigenvalue weighted by atomic mass is 9.91. The van der Waals surface area contributed by atoms with Crippen LogP contribution in [0, 0.1) is 11.8 Å². The molecule has 0 aromatic heterocycles. The first kappa shape index (κ1) is 13.4. The van der Waals surface area contributed by atoms with Gasteiger partial charge < -0.3 is 14.9 Å². The minimum absolute atomic E-state index is 0.0361. The Morgan fingerprint density at radius 2 is 1.86 bits per heavy atom. The van der Waals surface area contributed by atoms with Crippen molar-refractivity contribution in [2.24, 2.45) is 11.8 Å². The molecule has 0 saturated heterocycles. The summed E-state index contributed by atoms with van der Waals surface area (Å²) in [7, 11) is 1.33. The summed E-state index contributed by atoms with van der Waals surface area (Å²) < 4.78 is 4.52. The maximum absolute atomic E-state index is 10.9. The van der Waals surface area contributed by atoms with Crippen LogP contribution >= 0.6 is 0 Å². The first-order valence-corrected chi connectivity index (χ1v) is 4.96. The molecule has 0 aliphatic heterocycles. The van der Waals surface area contributed by atoms with Crippen LogP contribution in [0.25, 0.3) is 0 Å². The largest absolute Gasteiger partial charge is 0.469 e. The molecule has 14 heavy (non-hydrogen) atoms. The molecule has 0 aliphatic carbocycles. The van der Waals surface area contributed by atoms with Crippen molar-refractivity contribution >= 4 is 5.97 Å². The van der Waals surface area contributed by atoms with Crippen molar-refractivity contribution in [1.29, 1.82) is 0 Å². The summed E-state index contributed by atoms with van der Waals surface area (Å²) in [5.41, 5.74) is 0. The SMILES string of the molecule is CCC(CO)CC(CO)CC(=O)OC. The van der Waals surface area contributed by atoms with E-state index in [0.717, 1.165) is 6.42 Å². The molecule has 0 fully saturated rings. The molecule has 4 heteroatoms. The minimum Gasteiger partial charge on any atom is -0.469 e. The second-order valence-corrected chi connectivity index (χ2v) is 3.52. The number of methoxy groups -OCH3 is 1. The van der Waals surface area contributed by atoms with Gasteiger partial charge in [0, 0.05) is 13.2 Å². The predicted octanol–water partition coefficient (Wildman–Crippen LogP) is 0.567. The van der Waals surface area contributed by atoms with E-state index in [1.165, 1.54) is 7.11 Å². The van der Waals surface area contributed by atoms with Crippen LogP contribution in [0.2, 0.25) is 0 Å². The Balaban J connectivity index is 3.94. The number of hydrogen-bond donors (Lipinski definition) is 2. The maximum atomic E-state index is 10.9. The van der Waals surface area contributed by atoms with E-state index in [2.05, 4.69) is 4.74 Å². The van der Waals surface area contributed by atoms with E-state index in [1.54, 1.807) is 0 Å². The Hall–Kier alpha value is -0.610.